The zero-order valence-corrected chi connectivity index (χ0v) is 13.2. The molecule has 0 aliphatic carbocycles. The van der Waals surface area contributed by atoms with Crippen LogP contribution in [-0.4, -0.2) is 17.6 Å². The van der Waals surface area contributed by atoms with Crippen molar-refractivity contribution in [1.29, 1.82) is 0 Å². The molecule has 23 heavy (non-hydrogen) atoms. The van der Waals surface area contributed by atoms with E-state index < -0.39 is 7.92 Å². The first-order valence-corrected chi connectivity index (χ1v) is 8.47. The van der Waals surface area contributed by atoms with Gasteiger partial charge >= 0.3 is 0 Å². The van der Waals surface area contributed by atoms with E-state index in [2.05, 4.69) is 4.98 Å². The fourth-order valence-corrected chi connectivity index (χ4v) is 4.44. The molecule has 0 saturated carbocycles. The van der Waals surface area contributed by atoms with Crippen LogP contribution in [0.2, 0.25) is 0 Å². The minimum atomic E-state index is -0.824. The molecule has 0 radical (unpaired) electrons. The molecule has 0 saturated heterocycles. The molecular weight excluding hydrogens is 305 g/mol. The van der Waals surface area contributed by atoms with E-state index in [1.165, 1.54) is 0 Å². The van der Waals surface area contributed by atoms with Crippen molar-refractivity contribution in [2.45, 2.75) is 0 Å². The molecular formula is C19H14NO2P. The van der Waals surface area contributed by atoms with Gasteiger partial charge in [0, 0.05) is 25.2 Å². The van der Waals surface area contributed by atoms with Crippen molar-refractivity contribution >= 4 is 36.5 Å². The molecule has 0 N–H and O–H groups in total. The number of hydrogen-bond acceptors (Lipinski definition) is 3. The number of rotatable bonds is 5. The van der Waals surface area contributed by atoms with Gasteiger partial charge in [-0.25, -0.2) is 0 Å². The van der Waals surface area contributed by atoms with Gasteiger partial charge in [0.25, 0.3) is 0 Å². The first-order chi connectivity index (χ1) is 11.3. The predicted octanol–water partition coefficient (Wildman–Crippen LogP) is 2.46. The molecule has 112 valence electrons. The maximum absolute atomic E-state index is 10.9. The number of benzene rings is 2. The van der Waals surface area contributed by atoms with E-state index in [1.54, 1.807) is 6.20 Å². The molecule has 0 aliphatic rings. The van der Waals surface area contributed by atoms with E-state index in [0.717, 1.165) is 28.6 Å². The van der Waals surface area contributed by atoms with Gasteiger partial charge in [0.05, 0.1) is 5.44 Å². The minimum absolute atomic E-state index is 0.654. The molecule has 0 spiro atoms. The first kappa shape index (κ1) is 15.3. The van der Waals surface area contributed by atoms with Gasteiger partial charge in [-0.2, -0.15) is 0 Å². The van der Waals surface area contributed by atoms with Gasteiger partial charge < -0.3 is 0 Å². The van der Waals surface area contributed by atoms with Crippen molar-refractivity contribution in [3.63, 3.8) is 0 Å². The molecule has 4 heteroatoms. The van der Waals surface area contributed by atoms with Crippen LogP contribution in [0.25, 0.3) is 0 Å². The smallest absolute Gasteiger partial charge is 0.150 e. The molecule has 0 bridgehead atoms. The van der Waals surface area contributed by atoms with Gasteiger partial charge in [-0.3, -0.25) is 14.6 Å². The van der Waals surface area contributed by atoms with Gasteiger partial charge in [0.15, 0.2) is 0 Å². The van der Waals surface area contributed by atoms with Gasteiger partial charge in [0.2, 0.25) is 0 Å². The summed E-state index contributed by atoms with van der Waals surface area (Å²) >= 11 is 0. The molecule has 1 heterocycles. The second-order valence-corrected chi connectivity index (χ2v) is 7.10. The van der Waals surface area contributed by atoms with Gasteiger partial charge in [-0.05, 0) is 22.7 Å². The van der Waals surface area contributed by atoms with Crippen LogP contribution in [0.1, 0.15) is 20.7 Å². The summed E-state index contributed by atoms with van der Waals surface area (Å²) in [5, 5.41) is 2.23. The summed E-state index contributed by atoms with van der Waals surface area (Å²) in [5.41, 5.74) is 2.29. The van der Waals surface area contributed by atoms with E-state index in [9.17, 15) is 9.59 Å². The number of aromatic nitrogens is 1. The SMILES string of the molecule is O=Cc1ccc(P(c2ccc(C=O)cc2)c2ccccn2)cc1. The van der Waals surface area contributed by atoms with Crippen LogP contribution in [0.4, 0.5) is 0 Å². The van der Waals surface area contributed by atoms with E-state index in [4.69, 9.17) is 0 Å². The maximum atomic E-state index is 10.9. The summed E-state index contributed by atoms with van der Waals surface area (Å²) in [6.07, 6.45) is 3.46. The fraction of sp³-hybridized carbons (Fsp3) is 0. The molecule has 0 atom stereocenters. The normalized spacial score (nSPS) is 10.5. The Kier molecular flexibility index (Phi) is 4.70. The number of hydrogen-bond donors (Lipinski definition) is 0. The Morgan fingerprint density at radius 2 is 1.22 bits per heavy atom. The summed E-state index contributed by atoms with van der Waals surface area (Å²) in [6, 6.07) is 21.0. The van der Waals surface area contributed by atoms with Crippen molar-refractivity contribution in [2.24, 2.45) is 0 Å². The number of carbonyl (C=O) groups excluding carboxylic acids is 2. The third kappa shape index (κ3) is 3.41. The maximum Gasteiger partial charge on any atom is 0.150 e. The molecule has 2 aromatic carbocycles. The highest BCUT2D eigenvalue weighted by molar-refractivity contribution is 7.79. The lowest BCUT2D eigenvalue weighted by Gasteiger charge is -2.18. The Morgan fingerprint density at radius 3 is 1.61 bits per heavy atom. The molecule has 0 aliphatic heterocycles. The van der Waals surface area contributed by atoms with Crippen LogP contribution >= 0.6 is 7.92 Å². The van der Waals surface area contributed by atoms with E-state index in [0.29, 0.717) is 11.1 Å². The average molecular weight is 319 g/mol. The summed E-state index contributed by atoms with van der Waals surface area (Å²) < 4.78 is 0. The molecule has 3 nitrogen and oxygen atoms in total. The summed E-state index contributed by atoms with van der Waals surface area (Å²) in [7, 11) is -0.824. The molecule has 0 unspecified atom stereocenters. The molecule has 0 fully saturated rings. The van der Waals surface area contributed by atoms with Gasteiger partial charge in [-0.1, -0.05) is 54.6 Å². The van der Waals surface area contributed by atoms with Crippen LogP contribution in [0, 0.1) is 0 Å². The van der Waals surface area contributed by atoms with Crippen molar-refractivity contribution in [2.75, 3.05) is 0 Å². The molecule has 0 amide bonds. The van der Waals surface area contributed by atoms with Crippen LogP contribution < -0.4 is 16.0 Å². The monoisotopic (exact) mass is 319 g/mol. The predicted molar refractivity (Wildman–Crippen MR) is 93.7 cm³/mol. The number of aldehydes is 2. The lowest BCUT2D eigenvalue weighted by Crippen LogP contribution is -2.22. The Balaban J connectivity index is 2.08. The van der Waals surface area contributed by atoms with Crippen molar-refractivity contribution in [3.05, 3.63) is 84.1 Å². The van der Waals surface area contributed by atoms with E-state index >= 15 is 0 Å². The Labute approximate surface area is 135 Å². The highest BCUT2D eigenvalue weighted by Crippen LogP contribution is 2.31. The quantitative estimate of drug-likeness (QED) is 0.536. The Bertz CT molecular complexity index is 748. The highest BCUT2D eigenvalue weighted by atomic mass is 31.1. The largest absolute Gasteiger partial charge is 0.298 e. The fourth-order valence-electron chi connectivity index (χ4n) is 2.30. The third-order valence-corrected chi connectivity index (χ3v) is 5.80. The van der Waals surface area contributed by atoms with Crippen molar-refractivity contribution in [1.82, 2.24) is 4.98 Å². The second kappa shape index (κ2) is 7.08. The lowest BCUT2D eigenvalue weighted by molar-refractivity contribution is 0.111. The molecule has 1 aromatic heterocycles. The highest BCUT2D eigenvalue weighted by Gasteiger charge is 2.17. The Hall–Kier alpha value is -2.64. The standard InChI is InChI=1S/C19H14NO2P/c21-13-15-4-8-17(9-5-15)23(19-3-1-2-12-20-19)18-10-6-16(14-22)7-11-18/h1-14H. The number of nitrogens with zero attached hydrogens (tertiary/aromatic N) is 1. The van der Waals surface area contributed by atoms with Crippen LogP contribution in [0.3, 0.4) is 0 Å². The Morgan fingerprint density at radius 1 is 0.696 bits per heavy atom. The van der Waals surface area contributed by atoms with Gasteiger partial charge in [-0.15, -0.1) is 0 Å². The van der Waals surface area contributed by atoms with E-state index in [-0.39, 0.29) is 0 Å². The van der Waals surface area contributed by atoms with Crippen LogP contribution in [-0.2, 0) is 0 Å². The van der Waals surface area contributed by atoms with Crippen molar-refractivity contribution < 1.29 is 9.59 Å². The van der Waals surface area contributed by atoms with E-state index in [1.807, 2.05) is 66.7 Å². The second-order valence-electron chi connectivity index (χ2n) is 4.94. The topological polar surface area (TPSA) is 47.0 Å². The summed E-state index contributed by atoms with van der Waals surface area (Å²) in [4.78, 5) is 26.2. The molecule has 3 rings (SSSR count). The number of carbonyl (C=O) groups is 2. The van der Waals surface area contributed by atoms with Crippen LogP contribution in [0.5, 0.6) is 0 Å². The van der Waals surface area contributed by atoms with Gasteiger partial charge in [0.1, 0.15) is 12.6 Å². The summed E-state index contributed by atoms with van der Waals surface area (Å²) in [5.74, 6) is 0. The zero-order chi connectivity index (χ0) is 16.1. The molecule has 3 aromatic rings. The minimum Gasteiger partial charge on any atom is -0.298 e. The third-order valence-electron chi connectivity index (χ3n) is 3.45. The number of pyridine rings is 1. The lowest BCUT2D eigenvalue weighted by atomic mass is 10.2. The van der Waals surface area contributed by atoms with Crippen LogP contribution in [0.15, 0.2) is 72.9 Å². The first-order valence-electron chi connectivity index (χ1n) is 7.13. The average Bonchev–Trinajstić information content (AvgIpc) is 2.64. The summed E-state index contributed by atoms with van der Waals surface area (Å²) in [6.45, 7) is 0. The van der Waals surface area contributed by atoms with Crippen molar-refractivity contribution in [3.8, 4) is 0 Å². The zero-order valence-electron chi connectivity index (χ0n) is 12.3.